The van der Waals surface area contributed by atoms with E-state index in [2.05, 4.69) is 0 Å². The number of carbonyl (C=O) groups excluding carboxylic acids is 1. The van der Waals surface area contributed by atoms with Gasteiger partial charge in [-0.1, -0.05) is 72.3 Å². The molecule has 0 spiro atoms. The molecule has 1 heterocycles. The summed E-state index contributed by atoms with van der Waals surface area (Å²) < 4.78 is 0. The van der Waals surface area contributed by atoms with E-state index in [0.29, 0.717) is 5.82 Å². The molecule has 0 bridgehead atoms. The minimum atomic E-state index is -0.205. The number of hydrogen-bond donors (Lipinski definition) is 0. The van der Waals surface area contributed by atoms with Gasteiger partial charge >= 0.3 is 0 Å². The van der Waals surface area contributed by atoms with Gasteiger partial charge in [-0.25, -0.2) is 9.98 Å². The molecular weight excluding hydrogens is 332 g/mol. The molecule has 120 valence electrons. The Balaban J connectivity index is 1.88. The van der Waals surface area contributed by atoms with Crippen molar-refractivity contribution in [2.24, 2.45) is 9.98 Å². The lowest BCUT2D eigenvalue weighted by Crippen LogP contribution is -2.13. The molecule has 1 aliphatic carbocycles. The summed E-state index contributed by atoms with van der Waals surface area (Å²) in [4.78, 5) is 21.0. The average Bonchev–Trinajstić information content (AvgIpc) is 3.11. The summed E-state index contributed by atoms with van der Waals surface area (Å²) in [6, 6.07) is 19.9. The molecule has 4 rings (SSSR count). The summed E-state index contributed by atoms with van der Waals surface area (Å²) in [5.41, 5.74) is 4.33. The Morgan fingerprint density at radius 3 is 1.72 bits per heavy atom. The van der Waals surface area contributed by atoms with Gasteiger partial charge in [0.1, 0.15) is 0 Å². The fourth-order valence-corrected chi connectivity index (χ4v) is 2.89. The smallest absolute Gasteiger partial charge is 0.197 e. The van der Waals surface area contributed by atoms with Gasteiger partial charge in [0, 0.05) is 16.7 Å². The molecule has 0 amide bonds. The Hall–Kier alpha value is -3.04. The van der Waals surface area contributed by atoms with Crippen LogP contribution in [0.3, 0.4) is 0 Å². The molecule has 2 aromatic carbocycles. The van der Waals surface area contributed by atoms with Crippen LogP contribution in [0.4, 0.5) is 0 Å². The summed E-state index contributed by atoms with van der Waals surface area (Å²) >= 11 is 5.98. The van der Waals surface area contributed by atoms with Crippen LogP contribution in [0.25, 0.3) is 0 Å². The van der Waals surface area contributed by atoms with Gasteiger partial charge in [-0.15, -0.1) is 0 Å². The highest BCUT2D eigenvalue weighted by Gasteiger charge is 2.22. The first-order valence-electron chi connectivity index (χ1n) is 7.85. The number of allylic oxidation sites excluding steroid dienone is 5. The Labute approximate surface area is 150 Å². The maximum absolute atomic E-state index is 11.5. The van der Waals surface area contributed by atoms with Gasteiger partial charge in [-0.2, -0.15) is 0 Å². The Bertz CT molecular complexity index is 939. The lowest BCUT2D eigenvalue weighted by molar-refractivity contribution is -0.110. The second-order valence-electron chi connectivity index (χ2n) is 5.62. The monoisotopic (exact) mass is 344 g/mol. The van der Waals surface area contributed by atoms with E-state index in [1.165, 1.54) is 6.08 Å². The summed E-state index contributed by atoms with van der Waals surface area (Å²) in [6.45, 7) is 0. The fourth-order valence-electron chi connectivity index (χ4n) is 2.71. The Morgan fingerprint density at radius 2 is 1.24 bits per heavy atom. The quantitative estimate of drug-likeness (QED) is 0.793. The van der Waals surface area contributed by atoms with Crippen molar-refractivity contribution in [2.45, 2.75) is 0 Å². The van der Waals surface area contributed by atoms with E-state index in [-0.39, 0.29) is 10.8 Å². The van der Waals surface area contributed by atoms with Gasteiger partial charge in [-0.05, 0) is 18.2 Å². The largest absolute Gasteiger partial charge is 0.288 e. The molecule has 0 unspecified atom stereocenters. The molecule has 0 saturated heterocycles. The molecular formula is C21H13ClN2O. The number of benzene rings is 2. The zero-order valence-corrected chi connectivity index (χ0v) is 13.9. The molecule has 25 heavy (non-hydrogen) atoms. The number of carbonyl (C=O) groups is 1. The maximum atomic E-state index is 11.5. The summed E-state index contributed by atoms with van der Waals surface area (Å²) in [6.07, 6.45) is 4.76. The van der Waals surface area contributed by atoms with Crippen LogP contribution in [0.1, 0.15) is 11.1 Å². The van der Waals surface area contributed by atoms with Crippen LogP contribution in [-0.4, -0.2) is 17.2 Å². The van der Waals surface area contributed by atoms with E-state index in [4.69, 9.17) is 21.6 Å². The highest BCUT2D eigenvalue weighted by atomic mass is 35.5. The van der Waals surface area contributed by atoms with Crippen molar-refractivity contribution in [3.05, 3.63) is 106 Å². The summed E-state index contributed by atoms with van der Waals surface area (Å²) in [5.74, 6) is 0.350. The number of ketones is 1. The first-order valence-corrected chi connectivity index (χ1v) is 8.22. The molecule has 2 aromatic rings. The van der Waals surface area contributed by atoms with Crippen LogP contribution in [-0.2, 0) is 4.79 Å². The van der Waals surface area contributed by atoms with Gasteiger partial charge in [0.05, 0.1) is 16.5 Å². The second-order valence-corrected chi connectivity index (χ2v) is 6.03. The van der Waals surface area contributed by atoms with E-state index in [1.807, 2.05) is 60.7 Å². The number of aliphatic imine (C=N–C) groups is 2. The molecule has 0 aromatic heterocycles. The van der Waals surface area contributed by atoms with Gasteiger partial charge in [0.15, 0.2) is 11.6 Å². The van der Waals surface area contributed by atoms with E-state index < -0.39 is 0 Å². The van der Waals surface area contributed by atoms with Gasteiger partial charge < -0.3 is 0 Å². The van der Waals surface area contributed by atoms with E-state index >= 15 is 0 Å². The predicted molar refractivity (Wildman–Crippen MR) is 101 cm³/mol. The molecule has 1 aliphatic heterocycles. The van der Waals surface area contributed by atoms with Crippen LogP contribution in [0.5, 0.6) is 0 Å². The van der Waals surface area contributed by atoms with Crippen LogP contribution < -0.4 is 0 Å². The third-order valence-electron chi connectivity index (χ3n) is 3.94. The molecule has 3 nitrogen and oxygen atoms in total. The lowest BCUT2D eigenvalue weighted by atomic mass is 10.0. The number of rotatable bonds is 2. The Morgan fingerprint density at radius 1 is 0.720 bits per heavy atom. The predicted octanol–water partition coefficient (Wildman–Crippen LogP) is 4.45. The summed E-state index contributed by atoms with van der Waals surface area (Å²) in [7, 11) is 0. The second kappa shape index (κ2) is 6.46. The van der Waals surface area contributed by atoms with Gasteiger partial charge in [0.25, 0.3) is 0 Å². The van der Waals surface area contributed by atoms with E-state index in [0.717, 1.165) is 28.1 Å². The third kappa shape index (κ3) is 3.02. The molecule has 0 saturated carbocycles. The third-order valence-corrected chi connectivity index (χ3v) is 4.24. The lowest BCUT2D eigenvalue weighted by Gasteiger charge is -2.04. The van der Waals surface area contributed by atoms with E-state index in [1.54, 1.807) is 12.2 Å². The highest BCUT2D eigenvalue weighted by molar-refractivity contribution is 6.55. The van der Waals surface area contributed by atoms with Crippen LogP contribution >= 0.6 is 11.6 Å². The molecule has 0 radical (unpaired) electrons. The molecule has 2 aliphatic rings. The average molecular weight is 345 g/mol. The minimum Gasteiger partial charge on any atom is -0.288 e. The standard InChI is InChI=1S/C21H13ClN2O/c22-17-13-16(11-12-18(17)25)21-23-19(14-7-3-1-4-8-14)20(24-21)15-9-5-2-6-10-15/h1-13H. The molecule has 0 N–H and O–H groups in total. The maximum Gasteiger partial charge on any atom is 0.197 e. The molecule has 0 fully saturated rings. The zero-order chi connectivity index (χ0) is 17.2. The van der Waals surface area contributed by atoms with Crippen molar-refractivity contribution in [3.63, 3.8) is 0 Å². The van der Waals surface area contributed by atoms with Crippen molar-refractivity contribution in [1.29, 1.82) is 0 Å². The van der Waals surface area contributed by atoms with Crippen molar-refractivity contribution >= 4 is 28.8 Å². The number of halogens is 1. The Kier molecular flexibility index (Phi) is 4.00. The first-order chi connectivity index (χ1) is 12.2. The summed E-state index contributed by atoms with van der Waals surface area (Å²) in [5, 5.41) is 0.171. The van der Waals surface area contributed by atoms with Crippen molar-refractivity contribution in [3.8, 4) is 0 Å². The van der Waals surface area contributed by atoms with Crippen molar-refractivity contribution in [1.82, 2.24) is 0 Å². The zero-order valence-electron chi connectivity index (χ0n) is 13.2. The normalized spacial score (nSPS) is 16.7. The molecule has 4 heteroatoms. The van der Waals surface area contributed by atoms with Crippen molar-refractivity contribution in [2.75, 3.05) is 0 Å². The SMILES string of the molecule is O=C1C=CC(=C2N=C(c3ccccc3)C(c3ccccc3)=N2)C=C1Cl. The van der Waals surface area contributed by atoms with Gasteiger partial charge in [-0.3, -0.25) is 4.79 Å². The van der Waals surface area contributed by atoms with Crippen LogP contribution in [0, 0.1) is 0 Å². The minimum absolute atomic E-state index is 0.171. The van der Waals surface area contributed by atoms with Crippen molar-refractivity contribution < 1.29 is 4.79 Å². The first kappa shape index (κ1) is 15.5. The highest BCUT2D eigenvalue weighted by Crippen LogP contribution is 2.26. The topological polar surface area (TPSA) is 41.8 Å². The number of nitrogens with zero attached hydrogens (tertiary/aromatic N) is 2. The van der Waals surface area contributed by atoms with E-state index in [9.17, 15) is 4.79 Å². The molecule has 0 atom stereocenters. The van der Waals surface area contributed by atoms with Crippen LogP contribution in [0.15, 0.2) is 105 Å². The number of hydrogen-bond acceptors (Lipinski definition) is 3. The fraction of sp³-hybridized carbons (Fsp3) is 0. The van der Waals surface area contributed by atoms with Gasteiger partial charge in [0.2, 0.25) is 0 Å². The van der Waals surface area contributed by atoms with Crippen LogP contribution in [0.2, 0.25) is 0 Å².